The Bertz CT molecular complexity index is 317. The zero-order valence-corrected chi connectivity index (χ0v) is 11.0. The van der Waals surface area contributed by atoms with Gasteiger partial charge in [-0.25, -0.2) is 4.79 Å². The van der Waals surface area contributed by atoms with Crippen LogP contribution in [0.2, 0.25) is 0 Å². The summed E-state index contributed by atoms with van der Waals surface area (Å²) in [6.07, 6.45) is 0.00286. The van der Waals surface area contributed by atoms with E-state index in [-0.39, 0.29) is 18.2 Å². The highest BCUT2D eigenvalue weighted by atomic mass is 16.6. The second kappa shape index (κ2) is 5.37. The van der Waals surface area contributed by atoms with Gasteiger partial charge in [0.25, 0.3) is 0 Å². The van der Waals surface area contributed by atoms with Crippen molar-refractivity contribution in [3.63, 3.8) is 0 Å². The van der Waals surface area contributed by atoms with Gasteiger partial charge in [-0.15, -0.1) is 0 Å². The Balaban J connectivity index is 2.75. The van der Waals surface area contributed by atoms with Crippen LogP contribution >= 0.6 is 0 Å². The maximum Gasteiger partial charge on any atom is 0.410 e. The Morgan fingerprint density at radius 3 is 2.71 bits per heavy atom. The van der Waals surface area contributed by atoms with Gasteiger partial charge in [0.15, 0.2) is 0 Å². The van der Waals surface area contributed by atoms with E-state index < -0.39 is 5.60 Å². The highest BCUT2D eigenvalue weighted by Crippen LogP contribution is 2.18. The number of amides is 1. The van der Waals surface area contributed by atoms with Crippen molar-refractivity contribution in [2.45, 2.75) is 51.8 Å². The van der Waals surface area contributed by atoms with E-state index in [1.807, 2.05) is 27.7 Å². The van der Waals surface area contributed by atoms with Gasteiger partial charge in [-0.2, -0.15) is 5.26 Å². The molecule has 1 rings (SSSR count). The van der Waals surface area contributed by atoms with Crippen molar-refractivity contribution >= 4 is 6.09 Å². The zero-order valence-electron chi connectivity index (χ0n) is 11.0. The van der Waals surface area contributed by atoms with Gasteiger partial charge in [0.05, 0.1) is 18.5 Å². The minimum absolute atomic E-state index is 0.0527. The van der Waals surface area contributed by atoms with E-state index >= 15 is 0 Å². The molecule has 5 heteroatoms. The van der Waals surface area contributed by atoms with Crippen LogP contribution in [0.4, 0.5) is 4.79 Å². The smallest absolute Gasteiger partial charge is 0.410 e. The number of ether oxygens (including phenoxy) is 1. The fourth-order valence-electron chi connectivity index (χ4n) is 1.93. The number of piperazine rings is 1. The molecule has 1 amide bonds. The molecule has 1 heterocycles. The molecule has 2 atom stereocenters. The molecule has 1 aliphatic heterocycles. The number of nitrogens with one attached hydrogen (secondary N) is 1. The lowest BCUT2D eigenvalue weighted by atomic mass is 10.1. The van der Waals surface area contributed by atoms with Gasteiger partial charge >= 0.3 is 6.09 Å². The summed E-state index contributed by atoms with van der Waals surface area (Å²) < 4.78 is 5.37. The number of carbonyl (C=O) groups excluding carboxylic acids is 1. The van der Waals surface area contributed by atoms with E-state index in [1.54, 1.807) is 4.90 Å². The summed E-state index contributed by atoms with van der Waals surface area (Å²) in [6.45, 7) is 8.88. The first kappa shape index (κ1) is 13.8. The van der Waals surface area contributed by atoms with E-state index in [4.69, 9.17) is 10.00 Å². The van der Waals surface area contributed by atoms with Crippen LogP contribution in [0.1, 0.15) is 34.1 Å². The zero-order chi connectivity index (χ0) is 13.1. The van der Waals surface area contributed by atoms with Gasteiger partial charge < -0.3 is 10.1 Å². The lowest BCUT2D eigenvalue weighted by molar-refractivity contribution is 0.00121. The maximum absolute atomic E-state index is 12.1. The minimum atomic E-state index is -0.501. The first-order valence-electron chi connectivity index (χ1n) is 5.94. The normalized spacial score (nSPS) is 25.2. The fourth-order valence-corrected chi connectivity index (χ4v) is 1.93. The molecule has 0 spiro atoms. The van der Waals surface area contributed by atoms with E-state index in [2.05, 4.69) is 11.4 Å². The monoisotopic (exact) mass is 239 g/mol. The van der Waals surface area contributed by atoms with Gasteiger partial charge in [-0.3, -0.25) is 4.90 Å². The Morgan fingerprint density at radius 1 is 1.53 bits per heavy atom. The van der Waals surface area contributed by atoms with Crippen LogP contribution < -0.4 is 5.32 Å². The number of rotatable bonds is 1. The molecular formula is C12H21N3O2. The third-order valence-corrected chi connectivity index (χ3v) is 2.62. The van der Waals surface area contributed by atoms with E-state index in [0.717, 1.165) is 6.54 Å². The van der Waals surface area contributed by atoms with E-state index in [9.17, 15) is 4.79 Å². The highest BCUT2D eigenvalue weighted by Gasteiger charge is 2.34. The molecule has 0 bridgehead atoms. The molecule has 96 valence electrons. The van der Waals surface area contributed by atoms with Crippen LogP contribution in [-0.4, -0.2) is 41.8 Å². The van der Waals surface area contributed by atoms with Crippen LogP contribution in [0, 0.1) is 11.3 Å². The minimum Gasteiger partial charge on any atom is -0.444 e. The third kappa shape index (κ3) is 3.90. The molecule has 0 saturated carbocycles. The summed E-state index contributed by atoms with van der Waals surface area (Å²) in [6, 6.07) is 2.07. The largest absolute Gasteiger partial charge is 0.444 e. The van der Waals surface area contributed by atoms with Crippen molar-refractivity contribution in [1.29, 1.82) is 5.26 Å². The average Bonchev–Trinajstić information content (AvgIpc) is 2.15. The summed E-state index contributed by atoms with van der Waals surface area (Å²) in [5.74, 6) is 0. The van der Waals surface area contributed by atoms with Crippen LogP contribution in [0.3, 0.4) is 0 Å². The van der Waals surface area contributed by atoms with Crippen molar-refractivity contribution in [2.75, 3.05) is 13.1 Å². The molecule has 2 unspecified atom stereocenters. The van der Waals surface area contributed by atoms with Crippen LogP contribution in [-0.2, 0) is 4.74 Å². The summed E-state index contributed by atoms with van der Waals surface area (Å²) in [5, 5.41) is 12.0. The van der Waals surface area contributed by atoms with Crippen LogP contribution in [0.25, 0.3) is 0 Å². The van der Waals surface area contributed by atoms with E-state index in [1.165, 1.54) is 0 Å². The van der Waals surface area contributed by atoms with Crippen molar-refractivity contribution in [1.82, 2.24) is 10.2 Å². The molecule has 17 heavy (non-hydrogen) atoms. The molecule has 0 aliphatic carbocycles. The first-order chi connectivity index (χ1) is 7.85. The fraction of sp³-hybridized carbons (Fsp3) is 0.833. The summed E-state index contributed by atoms with van der Waals surface area (Å²) in [7, 11) is 0. The molecule has 1 fully saturated rings. The number of nitriles is 1. The number of hydrogen-bond donors (Lipinski definition) is 1. The van der Waals surface area contributed by atoms with Gasteiger partial charge in [-0.05, 0) is 27.7 Å². The SMILES string of the molecule is CC1CNCC(CC#N)N1C(=O)OC(C)(C)C. The van der Waals surface area contributed by atoms with Crippen molar-refractivity contribution < 1.29 is 9.53 Å². The molecule has 1 aliphatic rings. The molecule has 0 radical (unpaired) electrons. The Morgan fingerprint density at radius 2 is 2.18 bits per heavy atom. The second-order valence-corrected chi connectivity index (χ2v) is 5.41. The number of carbonyl (C=O) groups is 1. The number of nitrogens with zero attached hydrogens (tertiary/aromatic N) is 2. The molecule has 1 N–H and O–H groups in total. The van der Waals surface area contributed by atoms with Crippen molar-refractivity contribution in [2.24, 2.45) is 0 Å². The van der Waals surface area contributed by atoms with E-state index in [0.29, 0.717) is 13.0 Å². The Hall–Kier alpha value is -1.28. The molecular weight excluding hydrogens is 218 g/mol. The standard InChI is InChI=1S/C12H21N3O2/c1-9-7-14-8-10(5-6-13)15(9)11(16)17-12(2,3)4/h9-10,14H,5,7-8H2,1-4H3. The van der Waals surface area contributed by atoms with Gasteiger partial charge in [0.1, 0.15) is 5.60 Å². The second-order valence-electron chi connectivity index (χ2n) is 5.41. The predicted octanol–water partition coefficient (Wildman–Crippen LogP) is 1.50. The topological polar surface area (TPSA) is 65.4 Å². The predicted molar refractivity (Wildman–Crippen MR) is 64.4 cm³/mol. The lowest BCUT2D eigenvalue weighted by Crippen LogP contribution is -2.59. The molecule has 5 nitrogen and oxygen atoms in total. The highest BCUT2D eigenvalue weighted by molar-refractivity contribution is 5.69. The summed E-state index contributed by atoms with van der Waals surface area (Å²) in [4.78, 5) is 13.8. The van der Waals surface area contributed by atoms with Crippen LogP contribution in [0.15, 0.2) is 0 Å². The average molecular weight is 239 g/mol. The van der Waals surface area contributed by atoms with Gasteiger partial charge in [0.2, 0.25) is 0 Å². The first-order valence-corrected chi connectivity index (χ1v) is 5.94. The molecule has 0 aromatic carbocycles. The van der Waals surface area contributed by atoms with Gasteiger partial charge in [-0.1, -0.05) is 0 Å². The van der Waals surface area contributed by atoms with Crippen LogP contribution in [0.5, 0.6) is 0 Å². The summed E-state index contributed by atoms with van der Waals surface area (Å²) >= 11 is 0. The quantitative estimate of drug-likeness (QED) is 0.753. The van der Waals surface area contributed by atoms with Gasteiger partial charge in [0, 0.05) is 19.1 Å². The lowest BCUT2D eigenvalue weighted by Gasteiger charge is -2.40. The molecule has 0 aromatic rings. The molecule has 0 aromatic heterocycles. The Kier molecular flexibility index (Phi) is 4.35. The Labute approximate surface area is 103 Å². The third-order valence-electron chi connectivity index (χ3n) is 2.62. The molecule has 1 saturated heterocycles. The van der Waals surface area contributed by atoms with Crippen molar-refractivity contribution in [3.8, 4) is 6.07 Å². The summed E-state index contributed by atoms with van der Waals surface area (Å²) in [5.41, 5.74) is -0.501. The maximum atomic E-state index is 12.1. The van der Waals surface area contributed by atoms with Crippen molar-refractivity contribution in [3.05, 3.63) is 0 Å². The number of hydrogen-bond acceptors (Lipinski definition) is 4.